The van der Waals surface area contributed by atoms with E-state index in [9.17, 15) is 9.59 Å². The molecule has 0 radical (unpaired) electrons. The van der Waals surface area contributed by atoms with Crippen molar-refractivity contribution in [1.82, 2.24) is 15.2 Å². The molecular weight excluding hydrogens is 302 g/mol. The molecular formula is C19H27N3O2. The maximum Gasteiger partial charge on any atom is 0.223 e. The smallest absolute Gasteiger partial charge is 0.223 e. The zero-order valence-corrected chi connectivity index (χ0v) is 14.5. The highest BCUT2D eigenvalue weighted by molar-refractivity contribution is 5.77. The first-order valence-corrected chi connectivity index (χ1v) is 9.13. The second kappa shape index (κ2) is 7.77. The van der Waals surface area contributed by atoms with E-state index in [4.69, 9.17) is 0 Å². The normalized spacial score (nSPS) is 21.2. The van der Waals surface area contributed by atoms with Crippen molar-refractivity contribution in [3.63, 3.8) is 0 Å². The first-order chi connectivity index (χ1) is 11.6. The molecule has 130 valence electrons. The molecule has 5 nitrogen and oxygen atoms in total. The number of likely N-dealkylation sites (tertiary alicyclic amines) is 1. The summed E-state index contributed by atoms with van der Waals surface area (Å²) in [4.78, 5) is 30.5. The molecule has 3 rings (SSSR count). The van der Waals surface area contributed by atoms with Crippen LogP contribution in [0.2, 0.25) is 0 Å². The molecule has 0 bridgehead atoms. The molecule has 2 heterocycles. The third-order valence-corrected chi connectivity index (χ3v) is 5.20. The van der Waals surface area contributed by atoms with Crippen molar-refractivity contribution in [3.05, 3.63) is 29.6 Å². The summed E-state index contributed by atoms with van der Waals surface area (Å²) >= 11 is 0. The molecule has 0 spiro atoms. The summed E-state index contributed by atoms with van der Waals surface area (Å²) in [5, 5.41) is 2.78. The lowest BCUT2D eigenvalue weighted by molar-refractivity contribution is -0.133. The lowest BCUT2D eigenvalue weighted by Gasteiger charge is -2.26. The van der Waals surface area contributed by atoms with Crippen LogP contribution in [0.25, 0.3) is 0 Å². The Morgan fingerprint density at radius 2 is 2.00 bits per heavy atom. The van der Waals surface area contributed by atoms with Crippen LogP contribution in [0.1, 0.15) is 69.3 Å². The molecule has 0 unspecified atom stereocenters. The Kier molecular flexibility index (Phi) is 5.48. The van der Waals surface area contributed by atoms with Gasteiger partial charge < -0.3 is 10.2 Å². The second-order valence-electron chi connectivity index (χ2n) is 7.06. The van der Waals surface area contributed by atoms with E-state index in [-0.39, 0.29) is 11.9 Å². The quantitative estimate of drug-likeness (QED) is 0.903. The minimum absolute atomic E-state index is 0.0589. The number of rotatable bonds is 5. The number of hydrogen-bond donors (Lipinski definition) is 1. The monoisotopic (exact) mass is 329 g/mol. The van der Waals surface area contributed by atoms with Gasteiger partial charge in [-0.2, -0.15) is 0 Å². The molecule has 1 saturated heterocycles. The summed E-state index contributed by atoms with van der Waals surface area (Å²) in [6.45, 7) is 2.78. The van der Waals surface area contributed by atoms with E-state index in [0.29, 0.717) is 24.8 Å². The summed E-state index contributed by atoms with van der Waals surface area (Å²) < 4.78 is 0. The molecule has 1 aromatic rings. The van der Waals surface area contributed by atoms with Crippen molar-refractivity contribution in [2.75, 3.05) is 6.54 Å². The van der Waals surface area contributed by atoms with Gasteiger partial charge in [0, 0.05) is 19.9 Å². The van der Waals surface area contributed by atoms with Crippen molar-refractivity contribution in [2.24, 2.45) is 5.92 Å². The Labute approximate surface area is 143 Å². The average molecular weight is 329 g/mol. The Morgan fingerprint density at radius 1 is 1.21 bits per heavy atom. The van der Waals surface area contributed by atoms with Crippen molar-refractivity contribution < 1.29 is 9.59 Å². The molecule has 1 aliphatic heterocycles. The van der Waals surface area contributed by atoms with Crippen molar-refractivity contribution >= 4 is 11.8 Å². The van der Waals surface area contributed by atoms with Crippen molar-refractivity contribution in [1.29, 1.82) is 0 Å². The summed E-state index contributed by atoms with van der Waals surface area (Å²) in [6.07, 6.45) is 7.67. The molecule has 2 amide bonds. The van der Waals surface area contributed by atoms with Crippen LogP contribution >= 0.6 is 0 Å². The molecule has 24 heavy (non-hydrogen) atoms. The van der Waals surface area contributed by atoms with Crippen LogP contribution in [0.4, 0.5) is 0 Å². The van der Waals surface area contributed by atoms with Gasteiger partial charge in [-0.25, -0.2) is 0 Å². The molecule has 1 atom stereocenters. The molecule has 1 aliphatic carbocycles. The second-order valence-corrected chi connectivity index (χ2v) is 7.06. The molecule has 1 N–H and O–H groups in total. The molecule has 1 saturated carbocycles. The van der Waals surface area contributed by atoms with Gasteiger partial charge in [0.2, 0.25) is 11.8 Å². The highest BCUT2D eigenvalue weighted by atomic mass is 16.2. The van der Waals surface area contributed by atoms with Gasteiger partial charge in [-0.3, -0.25) is 14.6 Å². The number of nitrogens with zero attached hydrogens (tertiary/aromatic N) is 2. The zero-order valence-electron chi connectivity index (χ0n) is 14.5. The number of carbonyl (C=O) groups excluding carboxylic acids is 2. The Bertz CT molecular complexity index is 596. The van der Waals surface area contributed by atoms with E-state index in [1.807, 2.05) is 23.1 Å². The minimum Gasteiger partial charge on any atom is -0.351 e. The van der Waals surface area contributed by atoms with Crippen LogP contribution in [-0.2, 0) is 16.1 Å². The fourth-order valence-corrected chi connectivity index (χ4v) is 3.95. The first-order valence-electron chi connectivity index (χ1n) is 9.13. The third-order valence-electron chi connectivity index (χ3n) is 5.20. The van der Waals surface area contributed by atoms with Crippen LogP contribution in [0.5, 0.6) is 0 Å². The van der Waals surface area contributed by atoms with Gasteiger partial charge in [0.15, 0.2) is 0 Å². The van der Waals surface area contributed by atoms with Crippen LogP contribution in [0.15, 0.2) is 18.2 Å². The van der Waals surface area contributed by atoms with E-state index in [1.165, 1.54) is 32.6 Å². The van der Waals surface area contributed by atoms with Crippen molar-refractivity contribution in [3.8, 4) is 0 Å². The summed E-state index contributed by atoms with van der Waals surface area (Å²) in [7, 11) is 0. The number of aromatic nitrogens is 1. The number of nitrogens with one attached hydrogen (secondary N) is 1. The molecule has 0 aromatic carbocycles. The maximum atomic E-state index is 12.7. The molecule has 2 aliphatic rings. The van der Waals surface area contributed by atoms with Crippen LogP contribution in [0.3, 0.4) is 0 Å². The lowest BCUT2D eigenvalue weighted by atomic mass is 10.0. The van der Waals surface area contributed by atoms with Crippen LogP contribution in [-0.4, -0.2) is 28.2 Å². The van der Waals surface area contributed by atoms with E-state index >= 15 is 0 Å². The van der Waals surface area contributed by atoms with Crippen molar-refractivity contribution in [2.45, 2.75) is 64.5 Å². The topological polar surface area (TPSA) is 62.3 Å². The molecule has 5 heteroatoms. The predicted octanol–water partition coefficient (Wildman–Crippen LogP) is 2.96. The van der Waals surface area contributed by atoms with Crippen LogP contribution < -0.4 is 5.32 Å². The Morgan fingerprint density at radius 3 is 2.75 bits per heavy atom. The van der Waals surface area contributed by atoms with Gasteiger partial charge in [0.05, 0.1) is 24.0 Å². The largest absolute Gasteiger partial charge is 0.351 e. The number of carbonyl (C=O) groups is 2. The zero-order chi connectivity index (χ0) is 16.9. The molecule has 2 fully saturated rings. The van der Waals surface area contributed by atoms with Gasteiger partial charge in [0.1, 0.15) is 0 Å². The fraction of sp³-hybridized carbons (Fsp3) is 0.632. The van der Waals surface area contributed by atoms with E-state index < -0.39 is 0 Å². The van der Waals surface area contributed by atoms with Gasteiger partial charge in [-0.1, -0.05) is 18.9 Å². The van der Waals surface area contributed by atoms with E-state index in [2.05, 4.69) is 10.3 Å². The van der Waals surface area contributed by atoms with E-state index in [0.717, 1.165) is 30.8 Å². The summed E-state index contributed by atoms with van der Waals surface area (Å²) in [5.74, 6) is 0.813. The number of hydrogen-bond acceptors (Lipinski definition) is 3. The van der Waals surface area contributed by atoms with Gasteiger partial charge in [-0.15, -0.1) is 0 Å². The molecule has 1 aromatic heterocycles. The van der Waals surface area contributed by atoms with Crippen LogP contribution in [0, 0.1) is 5.92 Å². The maximum absolute atomic E-state index is 12.7. The standard InChI is InChI=1S/C19H27N3O2/c1-14(23)20-13-16-8-4-9-17(21-16)18-10-5-11-22(18)19(24)12-15-6-2-3-7-15/h4,8-9,15,18H,2-3,5-7,10-13H2,1H3,(H,20,23)/t18-/m0/s1. The van der Waals surface area contributed by atoms with E-state index in [1.54, 1.807) is 0 Å². The van der Waals surface area contributed by atoms with Gasteiger partial charge in [0.25, 0.3) is 0 Å². The lowest BCUT2D eigenvalue weighted by Crippen LogP contribution is -2.32. The summed E-state index contributed by atoms with van der Waals surface area (Å²) in [5.41, 5.74) is 1.80. The summed E-state index contributed by atoms with van der Waals surface area (Å²) in [6, 6.07) is 5.98. The Balaban J connectivity index is 1.66. The highest BCUT2D eigenvalue weighted by Crippen LogP contribution is 2.34. The fourth-order valence-electron chi connectivity index (χ4n) is 3.95. The number of amides is 2. The SMILES string of the molecule is CC(=O)NCc1cccc([C@@H]2CCCN2C(=O)CC2CCCC2)n1. The van der Waals surface area contributed by atoms with Gasteiger partial charge in [-0.05, 0) is 43.7 Å². The average Bonchev–Trinajstić information content (AvgIpc) is 3.24. The minimum atomic E-state index is -0.0589. The number of pyridine rings is 1. The van der Waals surface area contributed by atoms with Gasteiger partial charge >= 0.3 is 0 Å². The highest BCUT2D eigenvalue weighted by Gasteiger charge is 2.32. The Hall–Kier alpha value is -1.91. The first kappa shape index (κ1) is 16.9. The third kappa shape index (κ3) is 4.13. The predicted molar refractivity (Wildman–Crippen MR) is 92.0 cm³/mol.